The summed E-state index contributed by atoms with van der Waals surface area (Å²) in [6.07, 6.45) is 1.91. The Labute approximate surface area is 139 Å². The van der Waals surface area contributed by atoms with Gasteiger partial charge in [-0.2, -0.15) is 4.98 Å². The Bertz CT molecular complexity index is 640. The zero-order valence-corrected chi connectivity index (χ0v) is 14.2. The van der Waals surface area contributed by atoms with Gasteiger partial charge in [-0.15, -0.1) is 11.3 Å². The molecule has 1 aliphatic heterocycles. The van der Waals surface area contributed by atoms with Gasteiger partial charge in [0.1, 0.15) is 0 Å². The van der Waals surface area contributed by atoms with E-state index in [0.717, 1.165) is 30.9 Å². The summed E-state index contributed by atoms with van der Waals surface area (Å²) in [4.78, 5) is 22.8. The molecule has 2 aromatic heterocycles. The van der Waals surface area contributed by atoms with Crippen LogP contribution in [0.2, 0.25) is 0 Å². The second kappa shape index (κ2) is 7.08. The first-order valence-corrected chi connectivity index (χ1v) is 8.81. The average molecular weight is 335 g/mol. The zero-order chi connectivity index (χ0) is 16.2. The highest BCUT2D eigenvalue weighted by Gasteiger charge is 2.28. The molecule has 124 valence electrons. The van der Waals surface area contributed by atoms with E-state index in [1.807, 2.05) is 24.1 Å². The smallest absolute Gasteiger partial charge is 0.317 e. The molecule has 0 radical (unpaired) electrons. The molecule has 2 aromatic rings. The van der Waals surface area contributed by atoms with Crippen molar-refractivity contribution in [2.24, 2.45) is 0 Å². The molecule has 3 heterocycles. The Kier molecular flexibility index (Phi) is 4.90. The van der Waals surface area contributed by atoms with Gasteiger partial charge in [-0.1, -0.05) is 19.0 Å². The second-order valence-corrected chi connectivity index (χ2v) is 6.79. The van der Waals surface area contributed by atoms with Crippen LogP contribution in [0.15, 0.2) is 15.4 Å². The van der Waals surface area contributed by atoms with Crippen molar-refractivity contribution in [3.8, 4) is 0 Å². The van der Waals surface area contributed by atoms with Crippen molar-refractivity contribution in [3.05, 3.63) is 28.3 Å². The predicted molar refractivity (Wildman–Crippen MR) is 86.3 cm³/mol. The average Bonchev–Trinajstić information content (AvgIpc) is 3.24. The van der Waals surface area contributed by atoms with Crippen molar-refractivity contribution in [2.45, 2.75) is 45.1 Å². The maximum absolute atomic E-state index is 12.3. The number of aromatic nitrogens is 3. The standard InChI is InChI=1S/C15H21N5O2S/c1-10(2)13-18-14(22-19-13)11-4-3-5-20(7-11)15(21)16-6-12-8-23-9-17-12/h8-11H,3-7H2,1-2H3,(H,16,21). The van der Waals surface area contributed by atoms with E-state index in [4.69, 9.17) is 4.52 Å². The van der Waals surface area contributed by atoms with Gasteiger partial charge in [0.15, 0.2) is 5.82 Å². The minimum atomic E-state index is -0.0636. The number of thiazole rings is 1. The first-order chi connectivity index (χ1) is 11.1. The SMILES string of the molecule is CC(C)c1noc(C2CCCN(C(=O)NCc3cscn3)C2)n1. The molecule has 1 unspecified atom stereocenters. The number of hydrogen-bond donors (Lipinski definition) is 1. The molecule has 7 nitrogen and oxygen atoms in total. The van der Waals surface area contributed by atoms with Crippen molar-refractivity contribution in [1.82, 2.24) is 25.3 Å². The van der Waals surface area contributed by atoms with Gasteiger partial charge in [-0.25, -0.2) is 9.78 Å². The van der Waals surface area contributed by atoms with E-state index in [-0.39, 0.29) is 17.9 Å². The third kappa shape index (κ3) is 3.87. The number of urea groups is 1. The Morgan fingerprint density at radius 1 is 1.57 bits per heavy atom. The Morgan fingerprint density at radius 2 is 2.43 bits per heavy atom. The maximum atomic E-state index is 12.3. The molecule has 0 saturated carbocycles. The minimum absolute atomic E-state index is 0.0636. The monoisotopic (exact) mass is 335 g/mol. The van der Waals surface area contributed by atoms with Gasteiger partial charge in [0.25, 0.3) is 0 Å². The number of nitrogens with one attached hydrogen (secondary N) is 1. The highest BCUT2D eigenvalue weighted by molar-refractivity contribution is 7.07. The van der Waals surface area contributed by atoms with Crippen LogP contribution in [0.25, 0.3) is 0 Å². The fraction of sp³-hybridized carbons (Fsp3) is 0.600. The summed E-state index contributed by atoms with van der Waals surface area (Å²) in [5, 5.41) is 8.87. The molecule has 1 fully saturated rings. The van der Waals surface area contributed by atoms with E-state index in [1.165, 1.54) is 11.3 Å². The zero-order valence-electron chi connectivity index (χ0n) is 13.4. The summed E-state index contributed by atoms with van der Waals surface area (Å²) < 4.78 is 5.38. The summed E-state index contributed by atoms with van der Waals surface area (Å²) in [7, 11) is 0. The molecular formula is C15H21N5O2S. The molecule has 0 bridgehead atoms. The lowest BCUT2D eigenvalue weighted by Gasteiger charge is -2.31. The van der Waals surface area contributed by atoms with Gasteiger partial charge in [0.05, 0.1) is 23.7 Å². The van der Waals surface area contributed by atoms with Crippen LogP contribution in [0.4, 0.5) is 4.79 Å². The van der Waals surface area contributed by atoms with Crippen molar-refractivity contribution in [2.75, 3.05) is 13.1 Å². The first-order valence-electron chi connectivity index (χ1n) is 7.87. The number of rotatable bonds is 4. The van der Waals surface area contributed by atoms with Crippen LogP contribution in [0.3, 0.4) is 0 Å². The lowest BCUT2D eigenvalue weighted by molar-refractivity contribution is 0.171. The number of carbonyl (C=O) groups excluding carboxylic acids is 1. The summed E-state index contributed by atoms with van der Waals surface area (Å²) in [5.41, 5.74) is 2.65. The Morgan fingerprint density at radius 3 is 3.13 bits per heavy atom. The van der Waals surface area contributed by atoms with Crippen LogP contribution in [-0.2, 0) is 6.54 Å². The highest BCUT2D eigenvalue weighted by atomic mass is 32.1. The normalized spacial score (nSPS) is 18.4. The second-order valence-electron chi connectivity index (χ2n) is 6.07. The summed E-state index contributed by atoms with van der Waals surface area (Å²) in [6, 6.07) is -0.0636. The van der Waals surface area contributed by atoms with Gasteiger partial charge >= 0.3 is 6.03 Å². The van der Waals surface area contributed by atoms with Crippen LogP contribution in [0, 0.1) is 0 Å². The van der Waals surface area contributed by atoms with E-state index in [9.17, 15) is 4.79 Å². The number of piperidine rings is 1. The lowest BCUT2D eigenvalue weighted by atomic mass is 9.98. The number of carbonyl (C=O) groups is 1. The molecule has 23 heavy (non-hydrogen) atoms. The summed E-state index contributed by atoms with van der Waals surface area (Å²) >= 11 is 1.53. The molecular weight excluding hydrogens is 314 g/mol. The van der Waals surface area contributed by atoms with Gasteiger partial charge in [-0.05, 0) is 12.8 Å². The summed E-state index contributed by atoms with van der Waals surface area (Å²) in [5.74, 6) is 1.73. The Hall–Kier alpha value is -1.96. The van der Waals surface area contributed by atoms with Crippen molar-refractivity contribution < 1.29 is 9.32 Å². The van der Waals surface area contributed by atoms with E-state index in [2.05, 4.69) is 20.4 Å². The fourth-order valence-corrected chi connectivity index (χ4v) is 3.17. The van der Waals surface area contributed by atoms with Crippen LogP contribution in [0.5, 0.6) is 0 Å². The molecule has 2 amide bonds. The maximum Gasteiger partial charge on any atom is 0.317 e. The number of hydrogen-bond acceptors (Lipinski definition) is 6. The molecule has 3 rings (SSSR count). The molecule has 1 N–H and O–H groups in total. The molecule has 0 aromatic carbocycles. The predicted octanol–water partition coefficient (Wildman–Crippen LogP) is 2.74. The summed E-state index contributed by atoms with van der Waals surface area (Å²) in [6.45, 7) is 5.90. The molecule has 0 spiro atoms. The molecule has 0 aliphatic carbocycles. The van der Waals surface area contributed by atoms with Gasteiger partial charge < -0.3 is 14.7 Å². The third-order valence-electron chi connectivity index (χ3n) is 3.94. The highest BCUT2D eigenvalue weighted by Crippen LogP contribution is 2.26. The van der Waals surface area contributed by atoms with Crippen LogP contribution < -0.4 is 5.32 Å². The molecule has 1 atom stereocenters. The van der Waals surface area contributed by atoms with Crippen LogP contribution in [0.1, 0.15) is 55.9 Å². The van der Waals surface area contributed by atoms with Gasteiger partial charge in [0.2, 0.25) is 5.89 Å². The quantitative estimate of drug-likeness (QED) is 0.929. The van der Waals surface area contributed by atoms with E-state index >= 15 is 0 Å². The van der Waals surface area contributed by atoms with Crippen molar-refractivity contribution in [3.63, 3.8) is 0 Å². The molecule has 1 aliphatic rings. The van der Waals surface area contributed by atoms with Crippen LogP contribution >= 0.6 is 11.3 Å². The fourth-order valence-electron chi connectivity index (χ4n) is 2.61. The van der Waals surface area contributed by atoms with Gasteiger partial charge in [0, 0.05) is 24.4 Å². The third-order valence-corrected chi connectivity index (χ3v) is 4.57. The van der Waals surface area contributed by atoms with E-state index < -0.39 is 0 Å². The Balaban J connectivity index is 1.57. The van der Waals surface area contributed by atoms with Crippen LogP contribution in [-0.4, -0.2) is 39.1 Å². The topological polar surface area (TPSA) is 84.2 Å². The van der Waals surface area contributed by atoms with E-state index in [0.29, 0.717) is 19.0 Å². The largest absolute Gasteiger partial charge is 0.339 e. The lowest BCUT2D eigenvalue weighted by Crippen LogP contribution is -2.44. The minimum Gasteiger partial charge on any atom is -0.339 e. The van der Waals surface area contributed by atoms with Gasteiger partial charge in [-0.3, -0.25) is 0 Å². The first kappa shape index (κ1) is 15.9. The number of likely N-dealkylation sites (tertiary alicyclic amines) is 1. The van der Waals surface area contributed by atoms with Crippen molar-refractivity contribution in [1.29, 1.82) is 0 Å². The number of amides is 2. The van der Waals surface area contributed by atoms with Crippen molar-refractivity contribution >= 4 is 17.4 Å². The van der Waals surface area contributed by atoms with E-state index in [1.54, 1.807) is 5.51 Å². The molecule has 1 saturated heterocycles. The molecule has 8 heteroatoms. The number of nitrogens with zero attached hydrogens (tertiary/aromatic N) is 4.